The highest BCUT2D eigenvalue weighted by Gasteiger charge is 2.43. The van der Waals surface area contributed by atoms with E-state index in [1.54, 1.807) is 0 Å². The average Bonchev–Trinajstić information content (AvgIpc) is 3.68. The molecule has 3 heteroatoms. The zero-order valence-electron chi connectivity index (χ0n) is 41.6. The minimum atomic E-state index is -0.0420. The molecule has 2 aromatic heterocycles. The van der Waals surface area contributed by atoms with Gasteiger partial charge in [-0.15, -0.1) is 0 Å². The van der Waals surface area contributed by atoms with E-state index in [-0.39, 0.29) is 39.3 Å². The Morgan fingerprint density at radius 2 is 0.778 bits per heavy atom. The fraction of sp³-hybridized carbons (Fsp3) is 0.400. The van der Waals surface area contributed by atoms with E-state index in [2.05, 4.69) is 225 Å². The van der Waals surface area contributed by atoms with E-state index >= 15 is 0 Å². The zero-order valence-corrected chi connectivity index (χ0v) is 41.6. The first-order chi connectivity index (χ1) is 29.0. The Labute approximate surface area is 378 Å². The van der Waals surface area contributed by atoms with E-state index in [0.717, 1.165) is 0 Å². The molecule has 0 fully saturated rings. The molecular weight excluding hydrogens is 759 g/mol. The molecular formula is C60H69BN2. The van der Waals surface area contributed by atoms with Crippen LogP contribution in [-0.2, 0) is 32.5 Å². The Morgan fingerprint density at radius 1 is 0.349 bits per heavy atom. The van der Waals surface area contributed by atoms with Crippen LogP contribution in [0, 0.1) is 0 Å². The highest BCUT2D eigenvalue weighted by molar-refractivity contribution is 6.90. The number of rotatable bonds is 1. The standard InChI is InChI=1S/C60H69BN2/c1-55(2,3)36-19-21-49-42(28-36)46-32-41(60(16,17)18)33-48-54(46)62(49)51-26-35(34-23-38(57(7,8)9)27-39(24-34)58(10,11)12)25-44-47-31-40(59(13,14)15)30-45-43-29-37(56(4,5)6)20-22-50(43)63(53(45)47)61(48)52(44)51/h19-33H,1-18H3. The van der Waals surface area contributed by atoms with E-state index in [9.17, 15) is 0 Å². The maximum atomic E-state index is 2.77. The van der Waals surface area contributed by atoms with E-state index in [1.165, 1.54) is 116 Å². The molecule has 2 nitrogen and oxygen atoms in total. The van der Waals surface area contributed by atoms with Crippen molar-refractivity contribution in [3.8, 4) is 27.9 Å². The van der Waals surface area contributed by atoms with Gasteiger partial charge in [0.2, 0.25) is 0 Å². The Balaban J connectivity index is 1.45. The summed E-state index contributed by atoms with van der Waals surface area (Å²) in [5.41, 5.74) is 23.0. The summed E-state index contributed by atoms with van der Waals surface area (Å²) in [4.78, 5) is 0. The SMILES string of the molecule is CC(C)(C)c1cc(-c2cc3c4c(c2)-n2c5ccc(C(C)(C)C)cc5c5cc(C(C)(C)C)cc(c52)B4n2c4ccc(C(C)(C)C)cc4c4cc(C(C)(C)C)cc-3c42)cc(C(C)(C)C)c1. The molecule has 0 aliphatic carbocycles. The van der Waals surface area contributed by atoms with Gasteiger partial charge in [-0.25, -0.2) is 0 Å². The van der Waals surface area contributed by atoms with Gasteiger partial charge in [-0.2, -0.15) is 0 Å². The molecule has 2 aliphatic heterocycles. The lowest BCUT2D eigenvalue weighted by molar-refractivity contribution is 0.569. The molecule has 0 radical (unpaired) electrons. The zero-order chi connectivity index (χ0) is 45.5. The molecule has 4 heterocycles. The number of nitrogens with zero attached hydrogens (tertiary/aromatic N) is 2. The summed E-state index contributed by atoms with van der Waals surface area (Å²) in [5, 5.41) is 5.43. The van der Waals surface area contributed by atoms with Crippen molar-refractivity contribution in [2.75, 3.05) is 0 Å². The number of benzene rings is 6. The third kappa shape index (κ3) is 6.33. The molecule has 6 aromatic carbocycles. The van der Waals surface area contributed by atoms with Crippen molar-refractivity contribution in [2.24, 2.45) is 0 Å². The summed E-state index contributed by atoms with van der Waals surface area (Å²) in [5.74, 6) is 0. The van der Waals surface area contributed by atoms with Crippen molar-refractivity contribution in [3.05, 3.63) is 124 Å². The third-order valence-corrected chi connectivity index (χ3v) is 14.8. The van der Waals surface area contributed by atoms with Gasteiger partial charge in [-0.3, -0.25) is 0 Å². The predicted octanol–water partition coefficient (Wildman–Crippen LogP) is 15.3. The molecule has 63 heavy (non-hydrogen) atoms. The van der Waals surface area contributed by atoms with E-state index < -0.39 is 0 Å². The van der Waals surface area contributed by atoms with Crippen molar-refractivity contribution < 1.29 is 0 Å². The van der Waals surface area contributed by atoms with Crippen molar-refractivity contribution in [1.82, 2.24) is 9.05 Å². The van der Waals surface area contributed by atoms with Crippen LogP contribution in [-0.4, -0.2) is 15.9 Å². The van der Waals surface area contributed by atoms with Crippen LogP contribution in [0.3, 0.4) is 0 Å². The average molecular weight is 829 g/mol. The molecule has 322 valence electrons. The molecule has 0 amide bonds. The Bertz CT molecular complexity index is 3230. The smallest absolute Gasteiger partial charge is 0.333 e. The second-order valence-electron chi connectivity index (χ2n) is 25.7. The summed E-state index contributed by atoms with van der Waals surface area (Å²) in [6.07, 6.45) is 0. The summed E-state index contributed by atoms with van der Waals surface area (Å²) in [6, 6.07) is 37.5. The number of hydrogen-bond acceptors (Lipinski definition) is 0. The largest absolute Gasteiger partial charge is 0.375 e. The van der Waals surface area contributed by atoms with Gasteiger partial charge in [-0.1, -0.05) is 161 Å². The monoisotopic (exact) mass is 829 g/mol. The van der Waals surface area contributed by atoms with Crippen LogP contribution in [0.25, 0.3) is 71.6 Å². The summed E-state index contributed by atoms with van der Waals surface area (Å²) >= 11 is 0. The van der Waals surface area contributed by atoms with Crippen LogP contribution in [0.2, 0.25) is 0 Å². The Hall–Kier alpha value is -5.02. The van der Waals surface area contributed by atoms with Gasteiger partial charge in [0.1, 0.15) is 0 Å². The normalized spacial score (nSPS) is 14.5. The highest BCUT2D eigenvalue weighted by Crippen LogP contribution is 2.48. The summed E-state index contributed by atoms with van der Waals surface area (Å²) < 4.78 is 5.44. The van der Waals surface area contributed by atoms with E-state index in [4.69, 9.17) is 0 Å². The first-order valence-electron chi connectivity index (χ1n) is 23.6. The van der Waals surface area contributed by atoms with Crippen molar-refractivity contribution in [1.29, 1.82) is 0 Å². The van der Waals surface area contributed by atoms with Crippen molar-refractivity contribution >= 4 is 61.4 Å². The van der Waals surface area contributed by atoms with Gasteiger partial charge in [0.25, 0.3) is 0 Å². The lowest BCUT2D eigenvalue weighted by Crippen LogP contribution is -2.55. The molecule has 0 saturated heterocycles. The molecule has 0 unspecified atom stereocenters. The molecule has 0 bridgehead atoms. The minimum Gasteiger partial charge on any atom is -0.375 e. The molecule has 2 aliphatic rings. The lowest BCUT2D eigenvalue weighted by atomic mass is 9.45. The highest BCUT2D eigenvalue weighted by atomic mass is 15.0. The van der Waals surface area contributed by atoms with Gasteiger partial charge in [0.15, 0.2) is 0 Å². The fourth-order valence-corrected chi connectivity index (χ4v) is 10.7. The second kappa shape index (κ2) is 12.8. The van der Waals surface area contributed by atoms with Crippen LogP contribution in [0.1, 0.15) is 158 Å². The molecule has 0 spiro atoms. The molecule has 8 aromatic rings. The molecule has 0 saturated carbocycles. The lowest BCUT2D eigenvalue weighted by Gasteiger charge is -2.36. The van der Waals surface area contributed by atoms with Gasteiger partial charge < -0.3 is 9.05 Å². The maximum Gasteiger partial charge on any atom is 0.333 e. The second-order valence-corrected chi connectivity index (χ2v) is 25.7. The Kier molecular flexibility index (Phi) is 8.55. The number of fused-ring (bicyclic) bond motifs is 10. The van der Waals surface area contributed by atoms with Crippen LogP contribution < -0.4 is 10.9 Å². The van der Waals surface area contributed by atoms with E-state index in [0.29, 0.717) is 0 Å². The van der Waals surface area contributed by atoms with Gasteiger partial charge >= 0.3 is 6.85 Å². The maximum absolute atomic E-state index is 2.77. The van der Waals surface area contributed by atoms with Crippen LogP contribution in [0.4, 0.5) is 0 Å². The first kappa shape index (κ1) is 42.0. The number of hydrogen-bond donors (Lipinski definition) is 0. The van der Waals surface area contributed by atoms with Crippen LogP contribution in [0.5, 0.6) is 0 Å². The first-order valence-corrected chi connectivity index (χ1v) is 23.6. The molecule has 10 rings (SSSR count). The summed E-state index contributed by atoms with van der Waals surface area (Å²) in [7, 11) is 0. The van der Waals surface area contributed by atoms with Gasteiger partial charge in [0, 0.05) is 43.8 Å². The summed E-state index contributed by atoms with van der Waals surface area (Å²) in [6.45, 7) is 42.5. The van der Waals surface area contributed by atoms with Crippen LogP contribution >= 0.6 is 0 Å². The number of aromatic nitrogens is 2. The fourth-order valence-electron chi connectivity index (χ4n) is 10.7. The predicted molar refractivity (Wildman–Crippen MR) is 277 cm³/mol. The van der Waals surface area contributed by atoms with Crippen LogP contribution in [0.15, 0.2) is 91.0 Å². The Morgan fingerprint density at radius 3 is 1.30 bits per heavy atom. The van der Waals surface area contributed by atoms with Gasteiger partial charge in [-0.05, 0) is 148 Å². The van der Waals surface area contributed by atoms with Gasteiger partial charge in [0.05, 0.1) is 11.0 Å². The third-order valence-electron chi connectivity index (χ3n) is 14.8. The van der Waals surface area contributed by atoms with Crippen molar-refractivity contribution in [2.45, 2.75) is 157 Å². The van der Waals surface area contributed by atoms with E-state index in [1.807, 2.05) is 0 Å². The quantitative estimate of drug-likeness (QED) is 0.146. The van der Waals surface area contributed by atoms with Crippen molar-refractivity contribution in [3.63, 3.8) is 0 Å². The minimum absolute atomic E-state index is 0.000880. The molecule has 0 N–H and O–H groups in total. The topological polar surface area (TPSA) is 9.86 Å². The molecule has 0 atom stereocenters.